The van der Waals surface area contributed by atoms with E-state index in [1.807, 2.05) is 0 Å². The zero-order valence-electron chi connectivity index (χ0n) is 7.82. The van der Waals surface area contributed by atoms with Crippen LogP contribution in [0, 0.1) is 0 Å². The molecular formula is C7H10MgO6. The topological polar surface area (TPSA) is 118 Å². The number of carboxylic acid groups (broad SMARTS) is 3. The van der Waals surface area contributed by atoms with Gasteiger partial charge in [-0.2, -0.15) is 0 Å². The van der Waals surface area contributed by atoms with Crippen LogP contribution in [0.1, 0.15) is 26.2 Å². The summed E-state index contributed by atoms with van der Waals surface area (Å²) in [5, 5.41) is 26.7. The number of carbonyl (C=O) groups excluding carboxylic acids is 2. The molecular weight excluding hydrogens is 204 g/mol. The monoisotopic (exact) mass is 214 g/mol. The van der Waals surface area contributed by atoms with Gasteiger partial charge in [-0.15, -0.1) is 0 Å². The minimum atomic E-state index is -1.33. The Morgan fingerprint density at radius 1 is 1.07 bits per heavy atom. The first-order chi connectivity index (χ1) is 5.90. The van der Waals surface area contributed by atoms with Crippen molar-refractivity contribution in [3.63, 3.8) is 0 Å². The number of rotatable bonds is 4. The van der Waals surface area contributed by atoms with Crippen LogP contribution < -0.4 is 10.2 Å². The summed E-state index contributed by atoms with van der Waals surface area (Å²) in [6.45, 7) is 1.54. The molecule has 0 rings (SSSR count). The van der Waals surface area contributed by atoms with E-state index in [1.165, 1.54) is 6.92 Å². The maximum absolute atomic E-state index is 9.61. The standard InChI is InChI=1S/C4H6O4.C3H6O2.Mg/c5-3(6)1-2-4(7)8;1-2-3(4)5;/h1-2H2,(H,5,6)(H,7,8);2H2,1H3,(H,4,5);/q;;+2/p-2. The van der Waals surface area contributed by atoms with Crippen LogP contribution >= 0.6 is 0 Å². The third-order valence-corrected chi connectivity index (χ3v) is 0.832. The molecule has 1 N–H and O–H groups in total. The third-order valence-electron chi connectivity index (χ3n) is 0.832. The predicted molar refractivity (Wildman–Crippen MR) is 42.9 cm³/mol. The Bertz CT molecular complexity index is 177. The van der Waals surface area contributed by atoms with E-state index in [4.69, 9.17) is 5.11 Å². The Kier molecular flexibility index (Phi) is 16.4. The Morgan fingerprint density at radius 2 is 1.43 bits per heavy atom. The Balaban J connectivity index is -0.000000177. The van der Waals surface area contributed by atoms with Gasteiger partial charge in [-0.25, -0.2) is 0 Å². The molecule has 0 aliphatic rings. The average Bonchev–Trinajstić information content (AvgIpc) is 2.02. The van der Waals surface area contributed by atoms with Crippen LogP contribution in [0.4, 0.5) is 0 Å². The molecule has 76 valence electrons. The zero-order valence-corrected chi connectivity index (χ0v) is 9.23. The van der Waals surface area contributed by atoms with Crippen LogP contribution in [0.5, 0.6) is 0 Å². The molecule has 0 saturated heterocycles. The summed E-state index contributed by atoms with van der Waals surface area (Å²) in [5.41, 5.74) is 0. The van der Waals surface area contributed by atoms with Gasteiger partial charge in [-0.1, -0.05) is 6.92 Å². The van der Waals surface area contributed by atoms with E-state index in [2.05, 4.69) is 0 Å². The van der Waals surface area contributed by atoms with E-state index >= 15 is 0 Å². The summed E-state index contributed by atoms with van der Waals surface area (Å²) >= 11 is 0. The van der Waals surface area contributed by atoms with E-state index in [-0.39, 0.29) is 35.9 Å². The first kappa shape index (κ1) is 18.9. The van der Waals surface area contributed by atoms with Crippen molar-refractivity contribution in [1.82, 2.24) is 0 Å². The second-order valence-electron chi connectivity index (χ2n) is 1.99. The fourth-order valence-corrected chi connectivity index (χ4v) is 0.209. The summed E-state index contributed by atoms with van der Waals surface area (Å²) in [7, 11) is 0. The van der Waals surface area contributed by atoms with E-state index in [0.717, 1.165) is 0 Å². The van der Waals surface area contributed by atoms with E-state index in [1.54, 1.807) is 0 Å². The second kappa shape index (κ2) is 12.2. The molecule has 0 unspecified atom stereocenters. The summed E-state index contributed by atoms with van der Waals surface area (Å²) in [6.07, 6.45) is -0.655. The van der Waals surface area contributed by atoms with Gasteiger partial charge in [0.15, 0.2) is 0 Å². The quantitative estimate of drug-likeness (QED) is 0.511. The number of hydrogen-bond acceptors (Lipinski definition) is 5. The largest absolute Gasteiger partial charge is 2.00 e. The van der Waals surface area contributed by atoms with Crippen LogP contribution in [-0.4, -0.2) is 46.1 Å². The van der Waals surface area contributed by atoms with Gasteiger partial charge in [-0.3, -0.25) is 4.79 Å². The van der Waals surface area contributed by atoms with Crippen molar-refractivity contribution in [2.24, 2.45) is 0 Å². The first-order valence-corrected chi connectivity index (χ1v) is 3.51. The van der Waals surface area contributed by atoms with Crippen LogP contribution in [0.2, 0.25) is 0 Å². The third kappa shape index (κ3) is 30.3. The fourth-order valence-electron chi connectivity index (χ4n) is 0.209. The van der Waals surface area contributed by atoms with Crippen molar-refractivity contribution >= 4 is 41.0 Å². The van der Waals surface area contributed by atoms with Crippen molar-refractivity contribution < 1.29 is 29.7 Å². The molecule has 0 heterocycles. The van der Waals surface area contributed by atoms with Crippen molar-refractivity contribution in [3.8, 4) is 0 Å². The molecule has 14 heavy (non-hydrogen) atoms. The van der Waals surface area contributed by atoms with Crippen molar-refractivity contribution in [3.05, 3.63) is 0 Å². The van der Waals surface area contributed by atoms with E-state index in [9.17, 15) is 24.6 Å². The van der Waals surface area contributed by atoms with Crippen LogP contribution in [0.25, 0.3) is 0 Å². The average molecular weight is 214 g/mol. The summed E-state index contributed by atoms with van der Waals surface area (Å²) < 4.78 is 0. The molecule has 6 nitrogen and oxygen atoms in total. The van der Waals surface area contributed by atoms with Gasteiger partial charge in [-0.05, 0) is 12.8 Å². The maximum atomic E-state index is 9.61. The van der Waals surface area contributed by atoms with Crippen LogP contribution in [-0.2, 0) is 14.4 Å². The molecule has 0 spiro atoms. The number of hydrogen-bond donors (Lipinski definition) is 1. The number of carboxylic acids is 3. The van der Waals surface area contributed by atoms with Crippen molar-refractivity contribution in [1.29, 1.82) is 0 Å². The minimum Gasteiger partial charge on any atom is -0.550 e. The van der Waals surface area contributed by atoms with Gasteiger partial charge in [0.25, 0.3) is 0 Å². The molecule has 0 aliphatic heterocycles. The fraction of sp³-hybridized carbons (Fsp3) is 0.571. The van der Waals surface area contributed by atoms with Crippen LogP contribution in [0.15, 0.2) is 0 Å². The molecule has 0 saturated carbocycles. The van der Waals surface area contributed by atoms with Gasteiger partial charge >= 0.3 is 29.0 Å². The molecule has 0 aliphatic carbocycles. The zero-order chi connectivity index (χ0) is 10.9. The SMILES string of the molecule is CCC(=O)[O-].O=C([O-])CCC(=O)O.[Mg+2]. The number of aliphatic carboxylic acids is 3. The van der Waals surface area contributed by atoms with Crippen molar-refractivity contribution in [2.45, 2.75) is 26.2 Å². The van der Waals surface area contributed by atoms with Gasteiger partial charge in [0.1, 0.15) is 0 Å². The minimum absolute atomic E-state index is 0. The Labute approximate surface area is 97.1 Å². The Hall–Kier alpha value is -0.824. The summed E-state index contributed by atoms with van der Waals surface area (Å²) in [4.78, 5) is 28.4. The normalized spacial score (nSPS) is 7.50. The molecule has 0 bridgehead atoms. The summed E-state index contributed by atoms with van der Waals surface area (Å²) in [5.74, 6) is -3.44. The molecule has 7 heteroatoms. The van der Waals surface area contributed by atoms with Gasteiger partial charge in [0.05, 0.1) is 6.42 Å². The molecule has 0 aromatic rings. The van der Waals surface area contributed by atoms with Gasteiger partial charge in [0.2, 0.25) is 0 Å². The van der Waals surface area contributed by atoms with E-state index in [0.29, 0.717) is 0 Å². The predicted octanol–water partition coefficient (Wildman–Crippen LogP) is -2.63. The molecule has 0 atom stereocenters. The molecule has 0 aromatic carbocycles. The van der Waals surface area contributed by atoms with Crippen LogP contribution in [0.3, 0.4) is 0 Å². The van der Waals surface area contributed by atoms with Crippen molar-refractivity contribution in [2.75, 3.05) is 0 Å². The number of carbonyl (C=O) groups is 3. The molecule has 0 fully saturated rings. The maximum Gasteiger partial charge on any atom is 2.00 e. The summed E-state index contributed by atoms with van der Waals surface area (Å²) in [6, 6.07) is 0. The Morgan fingerprint density at radius 3 is 1.50 bits per heavy atom. The second-order valence-corrected chi connectivity index (χ2v) is 1.99. The smallest absolute Gasteiger partial charge is 0.550 e. The first-order valence-electron chi connectivity index (χ1n) is 3.51. The van der Waals surface area contributed by atoms with E-state index < -0.39 is 24.3 Å². The molecule has 0 radical (unpaired) electrons. The van der Waals surface area contributed by atoms with Gasteiger partial charge < -0.3 is 24.9 Å². The van der Waals surface area contributed by atoms with Gasteiger partial charge in [0, 0.05) is 11.9 Å². The molecule has 0 amide bonds. The molecule has 0 aromatic heterocycles.